The number of ether oxygens (including phenoxy) is 1. The quantitative estimate of drug-likeness (QED) is 0.499. The predicted octanol–water partition coefficient (Wildman–Crippen LogP) is 4.32. The Morgan fingerprint density at radius 1 is 1.20 bits per heavy atom. The van der Waals surface area contributed by atoms with E-state index in [0.29, 0.717) is 16.3 Å². The van der Waals surface area contributed by atoms with Crippen molar-refractivity contribution in [2.75, 3.05) is 19.0 Å². The fourth-order valence-electron chi connectivity index (χ4n) is 3.40. The average molecular weight is 502 g/mol. The molecular weight excluding hydrogens is 470 g/mol. The largest absolute Gasteiger partial charge is 0.444 e. The Kier molecular flexibility index (Phi) is 9.45. The summed E-state index contributed by atoms with van der Waals surface area (Å²) >= 11 is 6.29. The van der Waals surface area contributed by atoms with E-state index in [9.17, 15) is 19.5 Å². The van der Waals surface area contributed by atoms with Crippen molar-refractivity contribution in [3.63, 3.8) is 0 Å². The summed E-state index contributed by atoms with van der Waals surface area (Å²) in [7, 11) is 1.42. The number of hydrogen-bond donors (Lipinski definition) is 3. The molecule has 0 saturated heterocycles. The number of aliphatic hydroxyl groups is 1. The second-order valence-electron chi connectivity index (χ2n) is 9.03. The molecule has 2 unspecified atom stereocenters. The van der Waals surface area contributed by atoms with Crippen LogP contribution in [0.5, 0.6) is 0 Å². The Morgan fingerprint density at radius 3 is 2.43 bits per heavy atom. The highest BCUT2D eigenvalue weighted by Gasteiger charge is 2.34. The summed E-state index contributed by atoms with van der Waals surface area (Å²) in [5, 5.41) is 15.4. The summed E-state index contributed by atoms with van der Waals surface area (Å²) < 4.78 is 5.19. The van der Waals surface area contributed by atoms with Gasteiger partial charge < -0.3 is 25.4 Å². The number of nitrogens with one attached hydrogen (secondary N) is 2. The molecule has 0 aliphatic heterocycles. The van der Waals surface area contributed by atoms with Crippen LogP contribution in [0.25, 0.3) is 6.08 Å². The molecule has 0 spiro atoms. The number of rotatable bonds is 8. The van der Waals surface area contributed by atoms with Gasteiger partial charge in [-0.25, -0.2) is 4.79 Å². The molecule has 0 aliphatic carbocycles. The maximum atomic E-state index is 13.5. The molecule has 0 fully saturated rings. The maximum Gasteiger partial charge on any atom is 0.408 e. The van der Waals surface area contributed by atoms with Gasteiger partial charge in [0.15, 0.2) is 0 Å². The molecule has 188 valence electrons. The van der Waals surface area contributed by atoms with Gasteiger partial charge in [-0.1, -0.05) is 54.6 Å². The summed E-state index contributed by atoms with van der Waals surface area (Å²) in [5.74, 6) is -1.20. The van der Waals surface area contributed by atoms with Crippen molar-refractivity contribution in [1.29, 1.82) is 0 Å². The molecule has 0 aromatic heterocycles. The molecule has 0 aliphatic rings. The van der Waals surface area contributed by atoms with Crippen molar-refractivity contribution in [2.45, 2.75) is 45.4 Å². The first kappa shape index (κ1) is 27.9. The van der Waals surface area contributed by atoms with Crippen LogP contribution >= 0.6 is 11.6 Å². The number of carbonyl (C=O) groups excluding carboxylic acids is 3. The molecule has 2 rings (SSSR count). The summed E-state index contributed by atoms with van der Waals surface area (Å²) in [6, 6.07) is 9.78. The number of benzene rings is 2. The van der Waals surface area contributed by atoms with Crippen LogP contribution in [0.1, 0.15) is 43.5 Å². The minimum Gasteiger partial charge on any atom is -0.444 e. The third-order valence-electron chi connectivity index (χ3n) is 5.09. The summed E-state index contributed by atoms with van der Waals surface area (Å²) in [6.07, 6.45) is 0.763. The number of hydrogen-bond acceptors (Lipinski definition) is 5. The highest BCUT2D eigenvalue weighted by molar-refractivity contribution is 6.34. The van der Waals surface area contributed by atoms with Crippen LogP contribution in [0.3, 0.4) is 0 Å². The lowest BCUT2D eigenvalue weighted by Gasteiger charge is -2.31. The minimum absolute atomic E-state index is 0.353. The van der Waals surface area contributed by atoms with Crippen LogP contribution in [0.4, 0.5) is 10.5 Å². The molecule has 0 radical (unpaired) electrons. The van der Waals surface area contributed by atoms with Crippen LogP contribution in [0.15, 0.2) is 49.0 Å². The molecule has 2 aromatic rings. The normalized spacial score (nSPS) is 12.8. The number of halogens is 1. The summed E-state index contributed by atoms with van der Waals surface area (Å²) in [6.45, 7) is 9.91. The number of para-hydroxylation sites is 1. The number of nitrogens with zero attached hydrogens (tertiary/aromatic N) is 1. The minimum atomic E-state index is -1.32. The van der Waals surface area contributed by atoms with Crippen molar-refractivity contribution in [2.24, 2.45) is 0 Å². The number of likely N-dealkylation sites (N-methyl/N-ethyl adjacent to an activating group) is 1. The van der Waals surface area contributed by atoms with Crippen LogP contribution in [0.2, 0.25) is 5.02 Å². The van der Waals surface area contributed by atoms with Crippen molar-refractivity contribution >= 4 is 41.3 Å². The van der Waals surface area contributed by atoms with Gasteiger partial charge in [-0.05, 0) is 56.5 Å². The number of amides is 3. The lowest BCUT2D eigenvalue weighted by molar-refractivity contribution is -0.139. The summed E-state index contributed by atoms with van der Waals surface area (Å²) in [5.41, 5.74) is 1.64. The number of aryl methyl sites for hydroxylation is 1. The van der Waals surface area contributed by atoms with E-state index >= 15 is 0 Å². The molecule has 0 bridgehead atoms. The van der Waals surface area contributed by atoms with Crippen LogP contribution in [-0.4, -0.2) is 53.2 Å². The number of aliphatic hydroxyl groups excluding tert-OH is 1. The molecule has 0 heterocycles. The topological polar surface area (TPSA) is 108 Å². The third kappa shape index (κ3) is 7.56. The van der Waals surface area contributed by atoms with E-state index in [2.05, 4.69) is 17.2 Å². The molecule has 9 heteroatoms. The third-order valence-corrected chi connectivity index (χ3v) is 5.40. The summed E-state index contributed by atoms with van der Waals surface area (Å²) in [4.78, 5) is 40.2. The fraction of sp³-hybridized carbons (Fsp3) is 0.346. The Labute approximate surface area is 210 Å². The van der Waals surface area contributed by atoms with Gasteiger partial charge in [-0.2, -0.15) is 0 Å². The van der Waals surface area contributed by atoms with E-state index in [1.54, 1.807) is 70.2 Å². The Bertz CT molecular complexity index is 1080. The molecule has 0 saturated carbocycles. The average Bonchev–Trinajstić information content (AvgIpc) is 2.78. The first-order chi connectivity index (χ1) is 16.4. The predicted molar refractivity (Wildman–Crippen MR) is 137 cm³/mol. The standard InChI is InChI=1S/C26H32ClN3O5/c1-7-17-11-9-12-18(14-17)22(23(32)29-21-16(2)10-8-13-19(21)27)30(6)24(33)20(15-31)28-25(34)35-26(3,4)5/h7-14,20,22,31H,1,15H2,2-6H3,(H,28,34)(H,29,32). The lowest BCUT2D eigenvalue weighted by Crippen LogP contribution is -2.52. The van der Waals surface area contributed by atoms with Crippen molar-refractivity contribution in [3.05, 3.63) is 70.8 Å². The van der Waals surface area contributed by atoms with Gasteiger partial charge in [0.25, 0.3) is 5.91 Å². The monoisotopic (exact) mass is 501 g/mol. The second kappa shape index (κ2) is 11.9. The van der Waals surface area contributed by atoms with Gasteiger partial charge in [0.2, 0.25) is 5.91 Å². The van der Waals surface area contributed by atoms with E-state index in [-0.39, 0.29) is 0 Å². The van der Waals surface area contributed by atoms with E-state index < -0.39 is 42.2 Å². The molecule has 35 heavy (non-hydrogen) atoms. The molecule has 8 nitrogen and oxygen atoms in total. The first-order valence-corrected chi connectivity index (χ1v) is 11.4. The Morgan fingerprint density at radius 2 is 1.86 bits per heavy atom. The zero-order chi connectivity index (χ0) is 26.3. The van der Waals surface area contributed by atoms with Crippen molar-refractivity contribution in [3.8, 4) is 0 Å². The van der Waals surface area contributed by atoms with Crippen molar-refractivity contribution < 1.29 is 24.2 Å². The smallest absolute Gasteiger partial charge is 0.408 e. The lowest BCUT2D eigenvalue weighted by atomic mass is 10.0. The Hall–Kier alpha value is -3.36. The number of anilines is 1. The molecule has 3 amide bonds. The van der Waals surface area contributed by atoms with E-state index in [1.165, 1.54) is 11.9 Å². The van der Waals surface area contributed by atoms with Crippen LogP contribution in [0, 0.1) is 6.92 Å². The molecule has 2 aromatic carbocycles. The van der Waals surface area contributed by atoms with Crippen LogP contribution in [-0.2, 0) is 14.3 Å². The van der Waals surface area contributed by atoms with Gasteiger partial charge >= 0.3 is 6.09 Å². The van der Waals surface area contributed by atoms with Gasteiger partial charge in [-0.3, -0.25) is 9.59 Å². The zero-order valence-corrected chi connectivity index (χ0v) is 21.3. The van der Waals surface area contributed by atoms with E-state index in [1.807, 2.05) is 6.07 Å². The van der Waals surface area contributed by atoms with E-state index in [4.69, 9.17) is 16.3 Å². The van der Waals surface area contributed by atoms with E-state index in [0.717, 1.165) is 11.1 Å². The highest BCUT2D eigenvalue weighted by Crippen LogP contribution is 2.29. The van der Waals surface area contributed by atoms with Gasteiger partial charge in [0.1, 0.15) is 17.7 Å². The van der Waals surface area contributed by atoms with Crippen molar-refractivity contribution in [1.82, 2.24) is 10.2 Å². The van der Waals surface area contributed by atoms with Gasteiger partial charge in [0.05, 0.1) is 17.3 Å². The molecular formula is C26H32ClN3O5. The first-order valence-electron chi connectivity index (χ1n) is 11.0. The van der Waals surface area contributed by atoms with Gasteiger partial charge in [-0.15, -0.1) is 0 Å². The Balaban J connectivity index is 2.41. The second-order valence-corrected chi connectivity index (χ2v) is 9.44. The highest BCUT2D eigenvalue weighted by atomic mass is 35.5. The number of carbonyl (C=O) groups is 3. The zero-order valence-electron chi connectivity index (χ0n) is 20.6. The number of alkyl carbamates (subject to hydrolysis) is 1. The SMILES string of the molecule is C=Cc1cccc(C(C(=O)Nc2c(C)cccc2Cl)N(C)C(=O)C(CO)NC(=O)OC(C)(C)C)c1. The molecule has 2 atom stereocenters. The maximum absolute atomic E-state index is 13.5. The molecule has 3 N–H and O–H groups in total. The van der Waals surface area contributed by atoms with Gasteiger partial charge in [0, 0.05) is 7.05 Å². The fourth-order valence-corrected chi connectivity index (χ4v) is 3.67. The van der Waals surface area contributed by atoms with Crippen LogP contribution < -0.4 is 10.6 Å².